The van der Waals surface area contributed by atoms with E-state index in [1.165, 1.54) is 12.1 Å². The van der Waals surface area contributed by atoms with E-state index in [1.807, 2.05) is 0 Å². The molecule has 23 heavy (non-hydrogen) atoms. The smallest absolute Gasteiger partial charge is 0.257 e. The molecule has 2 heterocycles. The zero-order valence-corrected chi connectivity index (χ0v) is 13.0. The molecule has 0 unspecified atom stereocenters. The molecule has 2 fully saturated rings. The maximum atomic E-state index is 13.9. The van der Waals surface area contributed by atoms with E-state index < -0.39 is 17.8 Å². The van der Waals surface area contributed by atoms with E-state index in [0.717, 1.165) is 12.8 Å². The van der Waals surface area contributed by atoms with Crippen LogP contribution in [-0.4, -0.2) is 60.5 Å². The van der Waals surface area contributed by atoms with E-state index in [4.69, 9.17) is 4.74 Å². The summed E-state index contributed by atoms with van der Waals surface area (Å²) < 4.78 is 19.2. The van der Waals surface area contributed by atoms with Gasteiger partial charge in [-0.15, -0.1) is 0 Å². The predicted octanol–water partition coefficient (Wildman–Crippen LogP) is 1.68. The second kappa shape index (κ2) is 7.08. The molecule has 0 aliphatic carbocycles. The normalized spacial score (nSPS) is 22.0. The lowest BCUT2D eigenvalue weighted by Gasteiger charge is -2.38. The number of ether oxygens (including phenoxy) is 1. The van der Waals surface area contributed by atoms with Crippen LogP contribution in [0.4, 0.5) is 4.39 Å². The Morgan fingerprint density at radius 2 is 1.83 bits per heavy atom. The van der Waals surface area contributed by atoms with Crippen molar-refractivity contribution in [3.63, 3.8) is 0 Å². The summed E-state index contributed by atoms with van der Waals surface area (Å²) in [5.74, 6) is -0.979. The van der Waals surface area contributed by atoms with Gasteiger partial charge in [0.1, 0.15) is 11.9 Å². The molecule has 0 spiro atoms. The van der Waals surface area contributed by atoms with E-state index in [1.54, 1.807) is 21.9 Å². The second-order valence-corrected chi connectivity index (χ2v) is 5.93. The van der Waals surface area contributed by atoms with Crippen LogP contribution in [0.15, 0.2) is 24.3 Å². The maximum absolute atomic E-state index is 13.9. The topological polar surface area (TPSA) is 49.9 Å². The number of benzene rings is 1. The van der Waals surface area contributed by atoms with Crippen molar-refractivity contribution >= 4 is 11.8 Å². The summed E-state index contributed by atoms with van der Waals surface area (Å²) in [6.45, 7) is 2.65. The van der Waals surface area contributed by atoms with Gasteiger partial charge in [0, 0.05) is 19.6 Å². The number of hydrogen-bond donors (Lipinski definition) is 0. The molecule has 2 saturated heterocycles. The van der Waals surface area contributed by atoms with Gasteiger partial charge in [-0.2, -0.15) is 0 Å². The van der Waals surface area contributed by atoms with Gasteiger partial charge < -0.3 is 14.5 Å². The van der Waals surface area contributed by atoms with Crippen molar-refractivity contribution in [2.24, 2.45) is 0 Å². The summed E-state index contributed by atoms with van der Waals surface area (Å²) >= 11 is 0. The minimum absolute atomic E-state index is 0.0363. The fourth-order valence-corrected chi connectivity index (χ4v) is 3.22. The number of piperidine rings is 1. The minimum atomic E-state index is -0.541. The quantitative estimate of drug-likeness (QED) is 0.833. The van der Waals surface area contributed by atoms with E-state index in [-0.39, 0.29) is 11.5 Å². The van der Waals surface area contributed by atoms with Gasteiger partial charge >= 0.3 is 0 Å². The van der Waals surface area contributed by atoms with Gasteiger partial charge in [0.25, 0.3) is 5.91 Å². The summed E-state index contributed by atoms with van der Waals surface area (Å²) in [4.78, 5) is 28.8. The average Bonchev–Trinajstić information content (AvgIpc) is 2.62. The number of rotatable bonds is 2. The molecule has 1 atom stereocenters. The molecular weight excluding hydrogens is 299 g/mol. The summed E-state index contributed by atoms with van der Waals surface area (Å²) in [6.07, 6.45) is 2.38. The van der Waals surface area contributed by atoms with Crippen LogP contribution < -0.4 is 0 Å². The highest BCUT2D eigenvalue weighted by Crippen LogP contribution is 2.23. The summed E-state index contributed by atoms with van der Waals surface area (Å²) in [5.41, 5.74) is 0.0363. The van der Waals surface area contributed by atoms with Crippen LogP contribution in [0.25, 0.3) is 0 Å². The molecule has 6 heteroatoms. The third-order valence-electron chi connectivity index (χ3n) is 4.48. The largest absolute Gasteiger partial charge is 0.378 e. The highest BCUT2D eigenvalue weighted by atomic mass is 19.1. The lowest BCUT2D eigenvalue weighted by atomic mass is 9.99. The van der Waals surface area contributed by atoms with Gasteiger partial charge in [0.05, 0.1) is 18.8 Å². The van der Waals surface area contributed by atoms with E-state index in [2.05, 4.69) is 0 Å². The maximum Gasteiger partial charge on any atom is 0.257 e. The van der Waals surface area contributed by atoms with Crippen LogP contribution in [0.5, 0.6) is 0 Å². The number of halogens is 1. The van der Waals surface area contributed by atoms with Gasteiger partial charge in [-0.05, 0) is 31.4 Å². The summed E-state index contributed by atoms with van der Waals surface area (Å²) in [7, 11) is 0. The van der Waals surface area contributed by atoms with Gasteiger partial charge in [0.2, 0.25) is 5.91 Å². The Morgan fingerprint density at radius 1 is 1.09 bits per heavy atom. The molecule has 2 amide bonds. The molecule has 0 N–H and O–H groups in total. The fraction of sp³-hybridized carbons (Fsp3) is 0.529. The molecular formula is C17H21FN2O3. The van der Waals surface area contributed by atoms with Crippen molar-refractivity contribution in [2.75, 3.05) is 32.8 Å². The first-order chi connectivity index (χ1) is 11.2. The van der Waals surface area contributed by atoms with Crippen LogP contribution >= 0.6 is 0 Å². The molecule has 124 valence electrons. The average molecular weight is 320 g/mol. The molecule has 1 aromatic rings. The van der Waals surface area contributed by atoms with Gasteiger partial charge in [-0.3, -0.25) is 9.59 Å². The van der Waals surface area contributed by atoms with Crippen LogP contribution in [0, 0.1) is 5.82 Å². The molecule has 0 aromatic heterocycles. The SMILES string of the molecule is O=C([C@H]1CCCCN1C(=O)c1ccccc1F)N1CCOCC1. The minimum Gasteiger partial charge on any atom is -0.378 e. The molecule has 2 aliphatic rings. The fourth-order valence-electron chi connectivity index (χ4n) is 3.22. The van der Waals surface area contributed by atoms with Crippen molar-refractivity contribution in [3.05, 3.63) is 35.6 Å². The Balaban J connectivity index is 1.79. The number of carbonyl (C=O) groups excluding carboxylic acids is 2. The number of amides is 2. The first-order valence-corrected chi connectivity index (χ1v) is 8.10. The second-order valence-electron chi connectivity index (χ2n) is 5.93. The Kier molecular flexibility index (Phi) is 4.91. The van der Waals surface area contributed by atoms with Crippen molar-refractivity contribution in [1.29, 1.82) is 0 Å². The van der Waals surface area contributed by atoms with Gasteiger partial charge in [0.15, 0.2) is 0 Å². The third kappa shape index (κ3) is 3.37. The van der Waals surface area contributed by atoms with Crippen LogP contribution in [-0.2, 0) is 9.53 Å². The monoisotopic (exact) mass is 320 g/mol. The number of nitrogens with zero attached hydrogens (tertiary/aromatic N) is 2. The van der Waals surface area contributed by atoms with Gasteiger partial charge in [-0.1, -0.05) is 12.1 Å². The number of hydrogen-bond acceptors (Lipinski definition) is 3. The Bertz CT molecular complexity index is 587. The van der Waals surface area contributed by atoms with E-state index in [0.29, 0.717) is 39.3 Å². The van der Waals surface area contributed by atoms with Crippen LogP contribution in [0.2, 0.25) is 0 Å². The standard InChI is InChI=1S/C17H21FN2O3/c18-14-6-2-1-5-13(14)16(21)20-8-4-3-7-15(20)17(22)19-9-11-23-12-10-19/h1-2,5-6,15H,3-4,7-12H2/t15-/m1/s1. The molecule has 2 aliphatic heterocycles. The van der Waals surface area contributed by atoms with Crippen LogP contribution in [0.1, 0.15) is 29.6 Å². The third-order valence-corrected chi connectivity index (χ3v) is 4.48. The Morgan fingerprint density at radius 3 is 2.57 bits per heavy atom. The highest BCUT2D eigenvalue weighted by molar-refractivity contribution is 5.98. The first kappa shape index (κ1) is 15.9. The molecule has 0 radical (unpaired) electrons. The van der Waals surface area contributed by atoms with Crippen molar-refractivity contribution in [2.45, 2.75) is 25.3 Å². The first-order valence-electron chi connectivity index (χ1n) is 8.10. The van der Waals surface area contributed by atoms with Crippen molar-refractivity contribution in [3.8, 4) is 0 Å². The predicted molar refractivity (Wildman–Crippen MR) is 82.5 cm³/mol. The lowest BCUT2D eigenvalue weighted by Crippen LogP contribution is -2.55. The Hall–Kier alpha value is -1.95. The molecule has 0 saturated carbocycles. The summed E-state index contributed by atoms with van der Waals surface area (Å²) in [6, 6.07) is 5.45. The van der Waals surface area contributed by atoms with E-state index >= 15 is 0 Å². The lowest BCUT2D eigenvalue weighted by molar-refractivity contribution is -0.141. The zero-order chi connectivity index (χ0) is 16.2. The number of carbonyl (C=O) groups is 2. The molecule has 5 nitrogen and oxygen atoms in total. The number of morpholine rings is 1. The van der Waals surface area contributed by atoms with Gasteiger partial charge in [-0.25, -0.2) is 4.39 Å². The van der Waals surface area contributed by atoms with Crippen molar-refractivity contribution in [1.82, 2.24) is 9.80 Å². The highest BCUT2D eigenvalue weighted by Gasteiger charge is 2.36. The number of likely N-dealkylation sites (tertiary alicyclic amines) is 1. The van der Waals surface area contributed by atoms with Crippen LogP contribution in [0.3, 0.4) is 0 Å². The van der Waals surface area contributed by atoms with Crippen molar-refractivity contribution < 1.29 is 18.7 Å². The molecule has 0 bridgehead atoms. The molecule has 3 rings (SSSR count). The zero-order valence-electron chi connectivity index (χ0n) is 13.0. The summed E-state index contributed by atoms with van der Waals surface area (Å²) in [5, 5.41) is 0. The molecule has 1 aromatic carbocycles. The van der Waals surface area contributed by atoms with E-state index in [9.17, 15) is 14.0 Å². The Labute approximate surface area is 135 Å².